The molecular weight excluding hydrogens is 270 g/mol. The average molecular weight is 287 g/mol. The summed E-state index contributed by atoms with van der Waals surface area (Å²) in [5.74, 6) is -0.0148. The fourth-order valence-corrected chi connectivity index (χ4v) is 2.92. The zero-order valence-corrected chi connectivity index (χ0v) is 11.4. The zero-order valence-electron chi connectivity index (χ0n) is 10.6. The number of anilines is 1. The molecule has 0 bridgehead atoms. The first-order valence-corrected chi connectivity index (χ1v) is 7.78. The van der Waals surface area contributed by atoms with Crippen molar-refractivity contribution < 1.29 is 13.2 Å². The standard InChI is InChI=1S/C10H17N5O3S/c1-19(17,18)15-4-2-7(3-5-15)12-10(16)8-6-9(11)14-13-8/h6-7H,2-5H2,1H3,(H,12,16)(H3,11,13,14). The normalized spacial score (nSPS) is 18.4. The molecule has 1 aliphatic heterocycles. The maximum Gasteiger partial charge on any atom is 0.269 e. The van der Waals surface area contributed by atoms with Crippen LogP contribution < -0.4 is 11.1 Å². The lowest BCUT2D eigenvalue weighted by Crippen LogP contribution is -2.46. The molecule has 8 nitrogen and oxygen atoms in total. The van der Waals surface area contributed by atoms with Gasteiger partial charge in [0.1, 0.15) is 11.5 Å². The summed E-state index contributed by atoms with van der Waals surface area (Å²) in [6.45, 7) is 0.851. The van der Waals surface area contributed by atoms with Crippen molar-refractivity contribution in [3.8, 4) is 0 Å². The van der Waals surface area contributed by atoms with Crippen LogP contribution in [-0.2, 0) is 10.0 Å². The molecule has 0 saturated carbocycles. The van der Waals surface area contributed by atoms with Crippen LogP contribution >= 0.6 is 0 Å². The van der Waals surface area contributed by atoms with Crippen molar-refractivity contribution in [1.29, 1.82) is 0 Å². The maximum absolute atomic E-state index is 11.8. The molecular formula is C10H17N5O3S. The molecule has 1 aromatic rings. The van der Waals surface area contributed by atoms with Gasteiger partial charge in [-0.15, -0.1) is 0 Å². The number of carbonyl (C=O) groups excluding carboxylic acids is 1. The van der Waals surface area contributed by atoms with E-state index >= 15 is 0 Å². The summed E-state index contributed by atoms with van der Waals surface area (Å²) in [5, 5.41) is 9.05. The lowest BCUT2D eigenvalue weighted by atomic mass is 10.1. The van der Waals surface area contributed by atoms with E-state index < -0.39 is 10.0 Å². The van der Waals surface area contributed by atoms with Crippen molar-refractivity contribution in [3.63, 3.8) is 0 Å². The van der Waals surface area contributed by atoms with Crippen LogP contribution in [0.4, 0.5) is 5.82 Å². The third-order valence-electron chi connectivity index (χ3n) is 3.10. The van der Waals surface area contributed by atoms with Crippen LogP contribution in [0, 0.1) is 0 Å². The molecule has 1 aliphatic rings. The van der Waals surface area contributed by atoms with Gasteiger partial charge in [-0.25, -0.2) is 12.7 Å². The van der Waals surface area contributed by atoms with Gasteiger partial charge < -0.3 is 11.1 Å². The van der Waals surface area contributed by atoms with Crippen molar-refractivity contribution in [2.24, 2.45) is 0 Å². The fraction of sp³-hybridized carbons (Fsp3) is 0.600. The molecule has 1 saturated heterocycles. The highest BCUT2D eigenvalue weighted by molar-refractivity contribution is 7.88. The molecule has 19 heavy (non-hydrogen) atoms. The number of aromatic amines is 1. The lowest BCUT2D eigenvalue weighted by molar-refractivity contribution is 0.0919. The first-order chi connectivity index (χ1) is 8.86. The Balaban J connectivity index is 1.88. The molecule has 106 valence electrons. The molecule has 0 spiro atoms. The number of piperidine rings is 1. The smallest absolute Gasteiger partial charge is 0.269 e. The van der Waals surface area contributed by atoms with Crippen LogP contribution in [0.3, 0.4) is 0 Å². The van der Waals surface area contributed by atoms with Gasteiger partial charge in [0.25, 0.3) is 5.91 Å². The van der Waals surface area contributed by atoms with Crippen molar-refractivity contribution in [1.82, 2.24) is 19.8 Å². The van der Waals surface area contributed by atoms with Gasteiger partial charge in [-0.1, -0.05) is 0 Å². The third-order valence-corrected chi connectivity index (χ3v) is 4.40. The van der Waals surface area contributed by atoms with Gasteiger partial charge in [0.2, 0.25) is 10.0 Å². The van der Waals surface area contributed by atoms with E-state index in [9.17, 15) is 13.2 Å². The van der Waals surface area contributed by atoms with Crippen LogP contribution in [0.1, 0.15) is 23.3 Å². The quantitative estimate of drug-likeness (QED) is 0.668. The molecule has 0 radical (unpaired) electrons. The van der Waals surface area contributed by atoms with Gasteiger partial charge in [-0.2, -0.15) is 5.10 Å². The zero-order chi connectivity index (χ0) is 14.0. The Hall–Kier alpha value is -1.61. The first-order valence-electron chi connectivity index (χ1n) is 5.93. The van der Waals surface area contributed by atoms with E-state index in [-0.39, 0.29) is 17.8 Å². The van der Waals surface area contributed by atoms with E-state index in [1.165, 1.54) is 16.6 Å². The average Bonchev–Trinajstić information content (AvgIpc) is 2.75. The Labute approximate surface area is 111 Å². The van der Waals surface area contributed by atoms with Crippen molar-refractivity contribution in [2.75, 3.05) is 25.1 Å². The SMILES string of the molecule is CS(=O)(=O)N1CCC(NC(=O)c2cc(N)n[nH]2)CC1. The van der Waals surface area contributed by atoms with Crippen LogP contribution in [0.5, 0.6) is 0 Å². The number of nitrogens with two attached hydrogens (primary N) is 1. The Morgan fingerprint density at radius 3 is 2.63 bits per heavy atom. The number of H-pyrrole nitrogens is 1. The number of carbonyl (C=O) groups is 1. The Morgan fingerprint density at radius 2 is 2.16 bits per heavy atom. The van der Waals surface area contributed by atoms with E-state index in [0.29, 0.717) is 31.6 Å². The third kappa shape index (κ3) is 3.44. The van der Waals surface area contributed by atoms with Gasteiger partial charge in [0.05, 0.1) is 6.26 Å². The van der Waals surface area contributed by atoms with E-state index in [1.807, 2.05) is 0 Å². The van der Waals surface area contributed by atoms with Crippen molar-refractivity contribution in [3.05, 3.63) is 11.8 Å². The number of nitrogens with zero attached hydrogens (tertiary/aromatic N) is 2. The highest BCUT2D eigenvalue weighted by Gasteiger charge is 2.26. The second-order valence-corrected chi connectivity index (χ2v) is 6.60. The second-order valence-electron chi connectivity index (χ2n) is 4.62. The minimum atomic E-state index is -3.14. The van der Waals surface area contributed by atoms with Gasteiger partial charge in [0, 0.05) is 25.2 Å². The minimum absolute atomic E-state index is 0.0324. The van der Waals surface area contributed by atoms with Gasteiger partial charge in [0.15, 0.2) is 0 Å². The first kappa shape index (κ1) is 13.8. The number of nitrogen functional groups attached to an aromatic ring is 1. The highest BCUT2D eigenvalue weighted by atomic mass is 32.2. The number of hydrogen-bond acceptors (Lipinski definition) is 5. The van der Waals surface area contributed by atoms with Crippen LogP contribution in [-0.4, -0.2) is 54.2 Å². The van der Waals surface area contributed by atoms with E-state index in [2.05, 4.69) is 15.5 Å². The molecule has 2 heterocycles. The van der Waals surface area contributed by atoms with Gasteiger partial charge in [-0.3, -0.25) is 9.89 Å². The molecule has 0 aromatic carbocycles. The summed E-state index contributed by atoms with van der Waals surface area (Å²) in [6.07, 6.45) is 2.39. The summed E-state index contributed by atoms with van der Waals surface area (Å²) in [7, 11) is -3.14. The van der Waals surface area contributed by atoms with E-state index in [0.717, 1.165) is 0 Å². The predicted molar refractivity (Wildman–Crippen MR) is 69.9 cm³/mol. The molecule has 0 unspecified atom stereocenters. The Bertz CT molecular complexity index is 559. The largest absolute Gasteiger partial charge is 0.382 e. The molecule has 0 atom stereocenters. The predicted octanol–water partition coefficient (Wildman–Crippen LogP) is -0.854. The molecule has 9 heteroatoms. The molecule has 4 N–H and O–H groups in total. The monoisotopic (exact) mass is 287 g/mol. The molecule has 2 rings (SSSR count). The van der Waals surface area contributed by atoms with Crippen LogP contribution in [0.25, 0.3) is 0 Å². The van der Waals surface area contributed by atoms with E-state index in [4.69, 9.17) is 5.73 Å². The number of sulfonamides is 1. The second kappa shape index (κ2) is 5.17. The number of nitrogens with one attached hydrogen (secondary N) is 2. The number of amides is 1. The topological polar surface area (TPSA) is 121 Å². The van der Waals surface area contributed by atoms with Gasteiger partial charge >= 0.3 is 0 Å². The number of rotatable bonds is 3. The van der Waals surface area contributed by atoms with Crippen molar-refractivity contribution in [2.45, 2.75) is 18.9 Å². The number of hydrogen-bond donors (Lipinski definition) is 3. The molecule has 1 amide bonds. The molecule has 1 aromatic heterocycles. The summed E-state index contributed by atoms with van der Waals surface area (Å²) < 4.78 is 24.1. The minimum Gasteiger partial charge on any atom is -0.382 e. The van der Waals surface area contributed by atoms with Crippen LogP contribution in [0.15, 0.2) is 6.07 Å². The summed E-state index contributed by atoms with van der Waals surface area (Å²) in [5.41, 5.74) is 5.73. The maximum atomic E-state index is 11.8. The lowest BCUT2D eigenvalue weighted by Gasteiger charge is -2.30. The summed E-state index contributed by atoms with van der Waals surface area (Å²) in [4.78, 5) is 11.8. The van der Waals surface area contributed by atoms with Gasteiger partial charge in [-0.05, 0) is 12.8 Å². The molecule has 1 fully saturated rings. The van der Waals surface area contributed by atoms with Crippen molar-refractivity contribution >= 4 is 21.7 Å². The number of aromatic nitrogens is 2. The fourth-order valence-electron chi connectivity index (χ4n) is 2.05. The Kier molecular flexibility index (Phi) is 3.76. The highest BCUT2D eigenvalue weighted by Crippen LogP contribution is 2.13. The van der Waals surface area contributed by atoms with Crippen LogP contribution in [0.2, 0.25) is 0 Å². The van der Waals surface area contributed by atoms with E-state index in [1.54, 1.807) is 0 Å². The summed E-state index contributed by atoms with van der Waals surface area (Å²) in [6, 6.07) is 1.43. The summed E-state index contributed by atoms with van der Waals surface area (Å²) >= 11 is 0. The Morgan fingerprint density at radius 1 is 1.53 bits per heavy atom. The molecule has 0 aliphatic carbocycles.